The van der Waals surface area contributed by atoms with Crippen LogP contribution in [0.4, 0.5) is 0 Å². The second kappa shape index (κ2) is 18.1. The third kappa shape index (κ3) is 10.6. The Bertz CT molecular complexity index is 993. The first kappa shape index (κ1) is 31.2. The van der Waals surface area contributed by atoms with Crippen LogP contribution in [0.1, 0.15) is 134 Å². The van der Waals surface area contributed by atoms with Crippen molar-refractivity contribution in [3.8, 4) is 0 Å². The molecule has 0 fully saturated rings. The van der Waals surface area contributed by atoms with Crippen LogP contribution in [0.5, 0.6) is 0 Å². The van der Waals surface area contributed by atoms with Gasteiger partial charge in [-0.1, -0.05) is 158 Å². The zero-order valence-corrected chi connectivity index (χ0v) is 25.5. The minimum atomic E-state index is 0.0167. The summed E-state index contributed by atoms with van der Waals surface area (Å²) in [7, 11) is 0. The molecule has 0 aliphatic carbocycles. The van der Waals surface area contributed by atoms with E-state index in [9.17, 15) is 0 Å². The highest BCUT2D eigenvalue weighted by molar-refractivity contribution is 5.30. The van der Waals surface area contributed by atoms with E-state index in [-0.39, 0.29) is 5.41 Å². The van der Waals surface area contributed by atoms with Crippen molar-refractivity contribution < 1.29 is 4.57 Å². The molecule has 3 rings (SSSR count). The highest BCUT2D eigenvalue weighted by atomic mass is 15.1. The first-order chi connectivity index (χ1) is 19.2. The topological polar surface area (TPSA) is 8.81 Å². The zero-order chi connectivity index (χ0) is 27.6. The van der Waals surface area contributed by atoms with Gasteiger partial charge < -0.3 is 0 Å². The molecule has 2 heteroatoms. The van der Waals surface area contributed by atoms with Crippen molar-refractivity contribution in [1.29, 1.82) is 0 Å². The van der Waals surface area contributed by atoms with Crippen molar-refractivity contribution in [2.45, 2.75) is 142 Å². The van der Waals surface area contributed by atoms with Crippen LogP contribution in [0.15, 0.2) is 79.4 Å². The first-order valence-corrected chi connectivity index (χ1v) is 16.3. The van der Waals surface area contributed by atoms with Crippen LogP contribution >= 0.6 is 0 Å². The van der Waals surface area contributed by atoms with E-state index in [0.29, 0.717) is 6.04 Å². The standard InChI is InChI=1S/C37H57N2/c1-4-6-7-8-9-10-11-12-13-14-15-16-23-28-36(39-31-30-38(33-39)29-5-2)37(3,35-26-21-18-22-27-35)32-34-24-19-17-20-25-34/h17-22,24-27,30-31,33,36H,4-16,23,28-29,32H2,1-3H3/q+1. The first-order valence-electron chi connectivity index (χ1n) is 16.3. The Hall–Kier alpha value is -2.35. The molecule has 1 heterocycles. The van der Waals surface area contributed by atoms with Gasteiger partial charge in [-0.25, -0.2) is 9.13 Å². The quantitative estimate of drug-likeness (QED) is 0.0958. The van der Waals surface area contributed by atoms with Gasteiger partial charge in [0.1, 0.15) is 18.4 Å². The average Bonchev–Trinajstić information content (AvgIpc) is 3.42. The van der Waals surface area contributed by atoms with Gasteiger partial charge in [-0.05, 0) is 36.8 Å². The molecule has 0 amide bonds. The lowest BCUT2D eigenvalue weighted by atomic mass is 9.70. The van der Waals surface area contributed by atoms with Crippen molar-refractivity contribution in [2.24, 2.45) is 0 Å². The fourth-order valence-electron chi connectivity index (χ4n) is 6.39. The average molecular weight is 530 g/mol. The third-order valence-corrected chi connectivity index (χ3v) is 8.72. The largest absolute Gasteiger partial charge is 0.244 e. The highest BCUT2D eigenvalue weighted by Crippen LogP contribution is 2.41. The summed E-state index contributed by atoms with van der Waals surface area (Å²) < 4.78 is 4.90. The Labute approximate surface area is 240 Å². The molecule has 0 radical (unpaired) electrons. The maximum absolute atomic E-state index is 2.53. The molecule has 0 aliphatic heterocycles. The summed E-state index contributed by atoms with van der Waals surface area (Å²) in [4.78, 5) is 0. The molecule has 2 unspecified atom stereocenters. The molecule has 0 aliphatic rings. The maximum atomic E-state index is 2.53. The summed E-state index contributed by atoms with van der Waals surface area (Å²) in [6.45, 7) is 8.15. The highest BCUT2D eigenvalue weighted by Gasteiger charge is 2.40. The Morgan fingerprint density at radius 1 is 0.667 bits per heavy atom. The summed E-state index contributed by atoms with van der Waals surface area (Å²) in [5.74, 6) is 0. The smallest absolute Gasteiger partial charge is 0.237 e. The summed E-state index contributed by atoms with van der Waals surface area (Å²) in [6.07, 6.45) is 28.7. The van der Waals surface area contributed by atoms with E-state index < -0.39 is 0 Å². The number of unbranched alkanes of at least 4 members (excludes halogenated alkanes) is 12. The molecule has 2 atom stereocenters. The monoisotopic (exact) mass is 529 g/mol. The van der Waals surface area contributed by atoms with Crippen LogP contribution in [-0.4, -0.2) is 4.57 Å². The van der Waals surface area contributed by atoms with Crippen molar-refractivity contribution in [1.82, 2.24) is 4.57 Å². The van der Waals surface area contributed by atoms with Crippen molar-refractivity contribution in [3.63, 3.8) is 0 Å². The minimum absolute atomic E-state index is 0.0167. The minimum Gasteiger partial charge on any atom is -0.237 e. The van der Waals surface area contributed by atoms with E-state index in [0.717, 1.165) is 19.4 Å². The number of imidazole rings is 1. The van der Waals surface area contributed by atoms with Crippen molar-refractivity contribution >= 4 is 0 Å². The lowest BCUT2D eigenvalue weighted by Gasteiger charge is -2.37. The van der Waals surface area contributed by atoms with E-state index in [1.807, 2.05) is 0 Å². The second-order valence-electron chi connectivity index (χ2n) is 12.1. The van der Waals surface area contributed by atoms with E-state index in [2.05, 4.69) is 109 Å². The third-order valence-electron chi connectivity index (χ3n) is 8.72. The molecule has 0 N–H and O–H groups in total. The molecule has 214 valence electrons. The van der Waals surface area contributed by atoms with Gasteiger partial charge in [0.25, 0.3) is 0 Å². The van der Waals surface area contributed by atoms with E-state index in [1.165, 1.54) is 101 Å². The van der Waals surface area contributed by atoms with Gasteiger partial charge >= 0.3 is 0 Å². The van der Waals surface area contributed by atoms with Crippen LogP contribution in [0.25, 0.3) is 0 Å². The lowest BCUT2D eigenvalue weighted by Crippen LogP contribution is -2.38. The zero-order valence-electron chi connectivity index (χ0n) is 25.5. The molecule has 2 nitrogen and oxygen atoms in total. The molecule has 39 heavy (non-hydrogen) atoms. The van der Waals surface area contributed by atoms with Crippen LogP contribution in [0.3, 0.4) is 0 Å². The summed E-state index contributed by atoms with van der Waals surface area (Å²) in [5.41, 5.74) is 2.89. The van der Waals surface area contributed by atoms with Gasteiger partial charge in [-0.15, -0.1) is 0 Å². The van der Waals surface area contributed by atoms with Gasteiger partial charge in [0, 0.05) is 5.41 Å². The molecule has 1 aromatic heterocycles. The number of aromatic nitrogens is 2. The van der Waals surface area contributed by atoms with Gasteiger partial charge in [-0.2, -0.15) is 0 Å². The number of hydrogen-bond donors (Lipinski definition) is 0. The van der Waals surface area contributed by atoms with Crippen LogP contribution in [-0.2, 0) is 18.4 Å². The van der Waals surface area contributed by atoms with Crippen LogP contribution < -0.4 is 4.57 Å². The SMILES string of the molecule is CCCCCCCCCCCCCCCC(n1cc[n+](CCC)c1)C(C)(Cc1ccccc1)c1ccccc1. The molecule has 0 saturated heterocycles. The molecule has 0 spiro atoms. The van der Waals surface area contributed by atoms with Crippen molar-refractivity contribution in [3.05, 3.63) is 90.5 Å². The van der Waals surface area contributed by atoms with E-state index >= 15 is 0 Å². The molecule has 0 saturated carbocycles. The maximum Gasteiger partial charge on any atom is 0.244 e. The fourth-order valence-corrected chi connectivity index (χ4v) is 6.39. The van der Waals surface area contributed by atoms with Crippen LogP contribution in [0.2, 0.25) is 0 Å². The predicted molar refractivity (Wildman–Crippen MR) is 168 cm³/mol. The van der Waals surface area contributed by atoms with Gasteiger partial charge in [0.05, 0.1) is 6.54 Å². The normalized spacial score (nSPS) is 13.8. The summed E-state index contributed by atoms with van der Waals surface area (Å²) in [5, 5.41) is 0. The van der Waals surface area contributed by atoms with Crippen molar-refractivity contribution in [2.75, 3.05) is 0 Å². The fraction of sp³-hybridized carbons (Fsp3) is 0.595. The summed E-state index contributed by atoms with van der Waals surface area (Å²) in [6, 6.07) is 22.8. The molecular weight excluding hydrogens is 472 g/mol. The lowest BCUT2D eigenvalue weighted by molar-refractivity contribution is -0.696. The Morgan fingerprint density at radius 2 is 1.21 bits per heavy atom. The van der Waals surface area contributed by atoms with E-state index in [4.69, 9.17) is 0 Å². The van der Waals surface area contributed by atoms with E-state index in [1.54, 1.807) is 0 Å². The molecule has 2 aromatic carbocycles. The Balaban J connectivity index is 1.59. The number of rotatable bonds is 21. The van der Waals surface area contributed by atoms with Gasteiger partial charge in [0.15, 0.2) is 0 Å². The van der Waals surface area contributed by atoms with Gasteiger partial charge in [0.2, 0.25) is 6.33 Å². The number of nitrogens with zero attached hydrogens (tertiary/aromatic N) is 2. The number of hydrogen-bond acceptors (Lipinski definition) is 0. The number of aryl methyl sites for hydroxylation is 1. The number of benzene rings is 2. The summed E-state index contributed by atoms with van der Waals surface area (Å²) >= 11 is 0. The Kier molecular flexibility index (Phi) is 14.5. The predicted octanol–water partition coefficient (Wildman–Crippen LogP) is 10.4. The second-order valence-corrected chi connectivity index (χ2v) is 12.1. The van der Waals surface area contributed by atoms with Gasteiger partial charge in [-0.3, -0.25) is 0 Å². The molecule has 0 bridgehead atoms. The molecular formula is C37H57N2+. The molecule has 3 aromatic rings. The van der Waals surface area contributed by atoms with Crippen LogP contribution in [0, 0.1) is 0 Å². The Morgan fingerprint density at radius 3 is 1.77 bits per heavy atom.